The van der Waals surface area contributed by atoms with Crippen LogP contribution in [0.25, 0.3) is 0 Å². The van der Waals surface area contributed by atoms with Gasteiger partial charge in [-0.05, 0) is 61.8 Å². The molecular formula is C16H23NO3. The van der Waals surface area contributed by atoms with E-state index in [1.807, 2.05) is 6.92 Å². The van der Waals surface area contributed by atoms with Crippen LogP contribution >= 0.6 is 0 Å². The third-order valence-corrected chi connectivity index (χ3v) is 3.73. The standard InChI is InChI=1S/C16H23NO3/c1-2-20-15-10-13-9-14(17)8-12(13)7-11(15)5-3-4-6-16(18)19/h7,10,14H,2-6,8-9,17H2,1H3,(H,18,19). The van der Waals surface area contributed by atoms with Crippen LogP contribution in [0.3, 0.4) is 0 Å². The van der Waals surface area contributed by atoms with Gasteiger partial charge in [-0.25, -0.2) is 0 Å². The number of nitrogens with two attached hydrogens (primary N) is 1. The highest BCUT2D eigenvalue weighted by Crippen LogP contribution is 2.30. The van der Waals surface area contributed by atoms with Gasteiger partial charge >= 0.3 is 5.97 Å². The van der Waals surface area contributed by atoms with Gasteiger partial charge in [0.15, 0.2) is 0 Å². The van der Waals surface area contributed by atoms with Crippen molar-refractivity contribution < 1.29 is 14.6 Å². The summed E-state index contributed by atoms with van der Waals surface area (Å²) >= 11 is 0. The minimum atomic E-state index is -0.727. The number of aryl methyl sites for hydroxylation is 1. The maximum Gasteiger partial charge on any atom is 0.303 e. The van der Waals surface area contributed by atoms with Crippen molar-refractivity contribution >= 4 is 5.97 Å². The number of aliphatic carboxylic acids is 1. The Labute approximate surface area is 119 Å². The Kier molecular flexibility index (Phi) is 5.01. The lowest BCUT2D eigenvalue weighted by molar-refractivity contribution is -0.137. The minimum absolute atomic E-state index is 0.224. The van der Waals surface area contributed by atoms with Gasteiger partial charge in [-0.3, -0.25) is 4.79 Å². The molecule has 0 aromatic heterocycles. The molecule has 0 spiro atoms. The molecular weight excluding hydrogens is 254 g/mol. The molecule has 0 saturated heterocycles. The van der Waals surface area contributed by atoms with Crippen molar-refractivity contribution in [2.24, 2.45) is 5.73 Å². The van der Waals surface area contributed by atoms with Crippen LogP contribution in [-0.4, -0.2) is 23.7 Å². The summed E-state index contributed by atoms with van der Waals surface area (Å²) in [7, 11) is 0. The van der Waals surface area contributed by atoms with Gasteiger partial charge in [0.05, 0.1) is 6.61 Å². The van der Waals surface area contributed by atoms with Gasteiger partial charge in [0.2, 0.25) is 0 Å². The van der Waals surface area contributed by atoms with E-state index >= 15 is 0 Å². The molecule has 1 unspecified atom stereocenters. The van der Waals surface area contributed by atoms with Gasteiger partial charge in [-0.15, -0.1) is 0 Å². The van der Waals surface area contributed by atoms with E-state index in [1.165, 1.54) is 16.7 Å². The molecule has 3 N–H and O–H groups in total. The van der Waals surface area contributed by atoms with E-state index in [2.05, 4.69) is 12.1 Å². The smallest absolute Gasteiger partial charge is 0.303 e. The molecule has 110 valence electrons. The fraction of sp³-hybridized carbons (Fsp3) is 0.562. The van der Waals surface area contributed by atoms with Crippen molar-refractivity contribution in [3.8, 4) is 5.75 Å². The lowest BCUT2D eigenvalue weighted by Crippen LogP contribution is -2.18. The number of benzene rings is 1. The first-order valence-electron chi connectivity index (χ1n) is 7.35. The van der Waals surface area contributed by atoms with Gasteiger partial charge in [0, 0.05) is 12.5 Å². The molecule has 2 rings (SSSR count). The summed E-state index contributed by atoms with van der Waals surface area (Å²) in [4.78, 5) is 10.5. The highest BCUT2D eigenvalue weighted by molar-refractivity contribution is 5.66. The molecule has 1 atom stereocenters. The average molecular weight is 277 g/mol. The molecule has 0 fully saturated rings. The predicted octanol–water partition coefficient (Wildman–Crippen LogP) is 2.31. The number of carboxylic acid groups (broad SMARTS) is 1. The predicted molar refractivity (Wildman–Crippen MR) is 78.2 cm³/mol. The monoisotopic (exact) mass is 277 g/mol. The number of carbonyl (C=O) groups is 1. The number of unbranched alkanes of at least 4 members (excludes halogenated alkanes) is 1. The number of hydrogen-bond acceptors (Lipinski definition) is 3. The summed E-state index contributed by atoms with van der Waals surface area (Å²) in [5.41, 5.74) is 9.82. The van der Waals surface area contributed by atoms with E-state index in [9.17, 15) is 4.79 Å². The van der Waals surface area contributed by atoms with Crippen LogP contribution < -0.4 is 10.5 Å². The number of rotatable bonds is 7. The van der Waals surface area contributed by atoms with Gasteiger partial charge in [-0.1, -0.05) is 6.07 Å². The van der Waals surface area contributed by atoms with Crippen molar-refractivity contribution in [2.75, 3.05) is 6.61 Å². The van der Waals surface area contributed by atoms with Crippen LogP contribution in [0.15, 0.2) is 12.1 Å². The molecule has 0 radical (unpaired) electrons. The first-order valence-corrected chi connectivity index (χ1v) is 7.35. The van der Waals surface area contributed by atoms with Crippen LogP contribution in [-0.2, 0) is 24.1 Å². The zero-order valence-corrected chi connectivity index (χ0v) is 12.0. The van der Waals surface area contributed by atoms with Gasteiger partial charge < -0.3 is 15.6 Å². The first-order chi connectivity index (χ1) is 9.60. The highest BCUT2D eigenvalue weighted by Gasteiger charge is 2.20. The highest BCUT2D eigenvalue weighted by atomic mass is 16.5. The fourth-order valence-corrected chi connectivity index (χ4v) is 2.81. The van der Waals surface area contributed by atoms with Gasteiger partial charge in [0.25, 0.3) is 0 Å². The Morgan fingerprint density at radius 3 is 2.70 bits per heavy atom. The van der Waals surface area contributed by atoms with Crippen molar-refractivity contribution in [1.82, 2.24) is 0 Å². The first kappa shape index (κ1) is 14.9. The largest absolute Gasteiger partial charge is 0.494 e. The Balaban J connectivity index is 2.06. The maximum absolute atomic E-state index is 10.5. The number of ether oxygens (including phenoxy) is 1. The summed E-state index contributed by atoms with van der Waals surface area (Å²) in [6.45, 7) is 2.63. The molecule has 1 aromatic rings. The third kappa shape index (κ3) is 3.73. The van der Waals surface area contributed by atoms with Crippen LogP contribution in [0.5, 0.6) is 5.75 Å². The minimum Gasteiger partial charge on any atom is -0.494 e. The number of carboxylic acids is 1. The molecule has 0 aliphatic heterocycles. The summed E-state index contributed by atoms with van der Waals surface area (Å²) in [6.07, 6.45) is 4.54. The van der Waals surface area contributed by atoms with Gasteiger partial charge in [0.1, 0.15) is 5.75 Å². The molecule has 0 bridgehead atoms. The van der Waals surface area contributed by atoms with Gasteiger partial charge in [-0.2, -0.15) is 0 Å². The summed E-state index contributed by atoms with van der Waals surface area (Å²) in [6, 6.07) is 4.55. The van der Waals surface area contributed by atoms with Crippen molar-refractivity contribution in [3.05, 3.63) is 28.8 Å². The Bertz CT molecular complexity index is 485. The molecule has 4 heteroatoms. The second-order valence-electron chi connectivity index (χ2n) is 5.43. The SMILES string of the molecule is CCOc1cc2c(cc1CCCCC(=O)O)CC(N)C2. The second-order valence-corrected chi connectivity index (χ2v) is 5.43. The third-order valence-electron chi connectivity index (χ3n) is 3.73. The molecule has 0 saturated carbocycles. The average Bonchev–Trinajstić information content (AvgIpc) is 2.74. The quantitative estimate of drug-likeness (QED) is 0.750. The van der Waals surface area contributed by atoms with E-state index < -0.39 is 5.97 Å². The van der Waals surface area contributed by atoms with Crippen molar-refractivity contribution in [3.63, 3.8) is 0 Å². The van der Waals surface area contributed by atoms with Crippen LogP contribution in [0.2, 0.25) is 0 Å². The van der Waals surface area contributed by atoms with E-state index in [4.69, 9.17) is 15.6 Å². The molecule has 0 amide bonds. The Hall–Kier alpha value is -1.55. The van der Waals surface area contributed by atoms with E-state index in [0.29, 0.717) is 13.0 Å². The second kappa shape index (κ2) is 6.75. The Morgan fingerprint density at radius 2 is 2.05 bits per heavy atom. The topological polar surface area (TPSA) is 72.5 Å². The maximum atomic E-state index is 10.5. The Morgan fingerprint density at radius 1 is 1.35 bits per heavy atom. The number of fused-ring (bicyclic) bond motifs is 1. The van der Waals surface area contributed by atoms with E-state index in [-0.39, 0.29) is 12.5 Å². The lowest BCUT2D eigenvalue weighted by atomic mass is 10.0. The molecule has 0 heterocycles. The van der Waals surface area contributed by atoms with Crippen LogP contribution in [0.1, 0.15) is 42.9 Å². The van der Waals surface area contributed by atoms with E-state index in [0.717, 1.165) is 31.4 Å². The zero-order valence-electron chi connectivity index (χ0n) is 12.0. The summed E-state index contributed by atoms with van der Waals surface area (Å²) in [5, 5.41) is 8.67. The number of hydrogen-bond donors (Lipinski definition) is 2. The molecule has 1 aromatic carbocycles. The normalized spacial score (nSPS) is 17.0. The zero-order chi connectivity index (χ0) is 14.5. The molecule has 4 nitrogen and oxygen atoms in total. The molecule has 20 heavy (non-hydrogen) atoms. The van der Waals surface area contributed by atoms with E-state index in [1.54, 1.807) is 0 Å². The molecule has 1 aliphatic carbocycles. The fourth-order valence-electron chi connectivity index (χ4n) is 2.81. The lowest BCUT2D eigenvalue weighted by Gasteiger charge is -2.13. The summed E-state index contributed by atoms with van der Waals surface area (Å²) < 4.78 is 5.72. The van der Waals surface area contributed by atoms with Crippen molar-refractivity contribution in [1.29, 1.82) is 0 Å². The summed E-state index contributed by atoms with van der Waals surface area (Å²) in [5.74, 6) is 0.214. The van der Waals surface area contributed by atoms with Crippen LogP contribution in [0, 0.1) is 0 Å². The van der Waals surface area contributed by atoms with Crippen LogP contribution in [0.4, 0.5) is 0 Å². The van der Waals surface area contributed by atoms with Crippen molar-refractivity contribution in [2.45, 2.75) is 51.5 Å². The molecule has 1 aliphatic rings.